The molecule has 2 saturated heterocycles. The third kappa shape index (κ3) is 8.01. The van der Waals surface area contributed by atoms with E-state index in [1.165, 1.54) is 12.8 Å². The van der Waals surface area contributed by atoms with Crippen molar-refractivity contribution in [1.29, 1.82) is 0 Å². The summed E-state index contributed by atoms with van der Waals surface area (Å²) in [4.78, 5) is 26.6. The van der Waals surface area contributed by atoms with Crippen molar-refractivity contribution in [3.8, 4) is 0 Å². The number of rotatable bonds is 3. The Morgan fingerprint density at radius 1 is 1.10 bits per heavy atom. The van der Waals surface area contributed by atoms with Gasteiger partial charge in [0.1, 0.15) is 5.60 Å². The molecule has 0 bridgehead atoms. The Morgan fingerprint density at radius 3 is 2.21 bits per heavy atom. The predicted molar refractivity (Wildman–Crippen MR) is 113 cm³/mol. The number of hydrogen-bond donors (Lipinski definition) is 3. The van der Waals surface area contributed by atoms with Gasteiger partial charge in [-0.05, 0) is 73.8 Å². The van der Waals surface area contributed by atoms with E-state index in [4.69, 9.17) is 9.84 Å². The lowest BCUT2D eigenvalue weighted by Gasteiger charge is -2.37. The van der Waals surface area contributed by atoms with Crippen LogP contribution in [0.5, 0.6) is 0 Å². The lowest BCUT2D eigenvalue weighted by molar-refractivity contribution is 0.0505. The SMILES string of the molecule is CC(C)(C)N(C(=O)O)[C@H]1CCNC1.CC(C)(C)OC(=O)N[C@H]1CCN(C2CC2)C1. The van der Waals surface area contributed by atoms with Crippen LogP contribution >= 0.6 is 0 Å². The first-order valence-corrected chi connectivity index (χ1v) is 10.8. The number of nitrogens with one attached hydrogen (secondary N) is 2. The van der Waals surface area contributed by atoms with Crippen LogP contribution in [0.2, 0.25) is 0 Å². The van der Waals surface area contributed by atoms with Crippen molar-refractivity contribution >= 4 is 12.2 Å². The number of carbonyl (C=O) groups excluding carboxylic acids is 1. The molecule has 2 heterocycles. The van der Waals surface area contributed by atoms with E-state index in [2.05, 4.69) is 15.5 Å². The molecule has 168 valence electrons. The molecule has 0 spiro atoms. The Hall–Kier alpha value is -1.54. The summed E-state index contributed by atoms with van der Waals surface area (Å²) in [5.74, 6) is 0. The Morgan fingerprint density at radius 2 is 1.76 bits per heavy atom. The molecule has 1 aliphatic carbocycles. The van der Waals surface area contributed by atoms with E-state index in [0.29, 0.717) is 0 Å². The second-order valence-corrected chi connectivity index (χ2v) is 10.3. The van der Waals surface area contributed by atoms with E-state index in [-0.39, 0.29) is 23.7 Å². The summed E-state index contributed by atoms with van der Waals surface area (Å²) in [5, 5.41) is 15.2. The average molecular weight is 413 g/mol. The number of amides is 2. The van der Waals surface area contributed by atoms with E-state index >= 15 is 0 Å². The number of likely N-dealkylation sites (tertiary alicyclic amines) is 1. The van der Waals surface area contributed by atoms with E-state index in [9.17, 15) is 9.59 Å². The standard InChI is InChI=1S/C12H22N2O2.C9H18N2O2/c1-12(2,3)16-11(15)13-9-6-7-14(8-9)10-4-5-10;1-9(2,3)11(8(12)13)7-4-5-10-6-7/h9-10H,4-8H2,1-3H3,(H,13,15);7,10H,4-6H2,1-3H3,(H,12,13)/t9-;7-/m00/s1. The highest BCUT2D eigenvalue weighted by atomic mass is 16.6. The van der Waals surface area contributed by atoms with Gasteiger partial charge in [-0.25, -0.2) is 9.59 Å². The van der Waals surface area contributed by atoms with Crippen LogP contribution in [0.1, 0.15) is 67.2 Å². The number of alkyl carbamates (subject to hydrolysis) is 1. The predicted octanol–water partition coefficient (Wildman–Crippen LogP) is 2.87. The minimum Gasteiger partial charge on any atom is -0.465 e. The molecule has 0 unspecified atom stereocenters. The van der Waals surface area contributed by atoms with Crippen LogP contribution in [-0.2, 0) is 4.74 Å². The number of ether oxygens (including phenoxy) is 1. The molecule has 8 nitrogen and oxygen atoms in total. The summed E-state index contributed by atoms with van der Waals surface area (Å²) in [5.41, 5.74) is -0.707. The number of carboxylic acid groups (broad SMARTS) is 1. The third-order valence-electron chi connectivity index (χ3n) is 5.33. The molecule has 1 saturated carbocycles. The molecule has 0 aromatic carbocycles. The van der Waals surface area contributed by atoms with Gasteiger partial charge in [0.05, 0.1) is 0 Å². The topological polar surface area (TPSA) is 94.1 Å². The minimum absolute atomic E-state index is 0.137. The average Bonchev–Trinajstić information content (AvgIpc) is 3.05. The van der Waals surface area contributed by atoms with Gasteiger partial charge in [0, 0.05) is 43.3 Å². The monoisotopic (exact) mass is 412 g/mol. The van der Waals surface area contributed by atoms with Crippen molar-refractivity contribution in [1.82, 2.24) is 20.4 Å². The van der Waals surface area contributed by atoms with Gasteiger partial charge in [0.25, 0.3) is 0 Å². The van der Waals surface area contributed by atoms with Crippen LogP contribution in [0.3, 0.4) is 0 Å². The van der Waals surface area contributed by atoms with Gasteiger partial charge in [-0.2, -0.15) is 0 Å². The molecule has 2 aliphatic heterocycles. The smallest absolute Gasteiger partial charge is 0.408 e. The molecule has 3 fully saturated rings. The van der Waals surface area contributed by atoms with Crippen molar-refractivity contribution in [2.24, 2.45) is 0 Å². The summed E-state index contributed by atoms with van der Waals surface area (Å²) in [6.07, 6.45) is 3.54. The van der Waals surface area contributed by atoms with Crippen LogP contribution in [-0.4, -0.2) is 82.5 Å². The molecule has 8 heteroatoms. The highest BCUT2D eigenvalue weighted by Gasteiger charge is 2.35. The number of hydrogen-bond acceptors (Lipinski definition) is 5. The van der Waals surface area contributed by atoms with E-state index in [0.717, 1.165) is 45.1 Å². The van der Waals surface area contributed by atoms with Crippen molar-refractivity contribution in [3.63, 3.8) is 0 Å². The fraction of sp³-hybridized carbons (Fsp3) is 0.905. The Kier molecular flexibility index (Phi) is 7.79. The van der Waals surface area contributed by atoms with Crippen LogP contribution in [0, 0.1) is 0 Å². The highest BCUT2D eigenvalue weighted by molar-refractivity contribution is 5.68. The van der Waals surface area contributed by atoms with Crippen molar-refractivity contribution < 1.29 is 19.4 Å². The maximum atomic E-state index is 11.6. The summed E-state index contributed by atoms with van der Waals surface area (Å²) in [6.45, 7) is 15.3. The summed E-state index contributed by atoms with van der Waals surface area (Å²) in [7, 11) is 0. The molecule has 0 aromatic rings. The lowest BCUT2D eigenvalue weighted by atomic mass is 10.0. The van der Waals surface area contributed by atoms with Crippen molar-refractivity contribution in [3.05, 3.63) is 0 Å². The third-order valence-corrected chi connectivity index (χ3v) is 5.33. The molecule has 0 radical (unpaired) electrons. The Labute approximate surface area is 175 Å². The fourth-order valence-corrected chi connectivity index (χ4v) is 4.00. The first kappa shape index (κ1) is 23.7. The number of nitrogens with zero attached hydrogens (tertiary/aromatic N) is 2. The van der Waals surface area contributed by atoms with Crippen molar-refractivity contribution in [2.75, 3.05) is 26.2 Å². The van der Waals surface area contributed by atoms with E-state index in [1.54, 1.807) is 4.90 Å². The zero-order valence-corrected chi connectivity index (χ0v) is 19.0. The molecule has 2 amide bonds. The molecular formula is C21H40N4O4. The van der Waals surface area contributed by atoms with Crippen molar-refractivity contribution in [2.45, 2.75) is 96.5 Å². The highest BCUT2D eigenvalue weighted by Crippen LogP contribution is 2.29. The van der Waals surface area contributed by atoms with Crippen LogP contribution in [0.25, 0.3) is 0 Å². The van der Waals surface area contributed by atoms with Gasteiger partial charge in [-0.1, -0.05) is 0 Å². The zero-order valence-electron chi connectivity index (χ0n) is 19.0. The summed E-state index contributed by atoms with van der Waals surface area (Å²) < 4.78 is 5.24. The molecule has 29 heavy (non-hydrogen) atoms. The molecule has 3 rings (SSSR count). The maximum Gasteiger partial charge on any atom is 0.408 e. The molecular weight excluding hydrogens is 372 g/mol. The second-order valence-electron chi connectivity index (χ2n) is 10.3. The van der Waals surface area contributed by atoms with E-state index in [1.807, 2.05) is 41.5 Å². The zero-order chi connectivity index (χ0) is 21.8. The van der Waals surface area contributed by atoms with Gasteiger partial charge in [0.15, 0.2) is 0 Å². The molecule has 3 N–H and O–H groups in total. The largest absolute Gasteiger partial charge is 0.465 e. The maximum absolute atomic E-state index is 11.6. The van der Waals surface area contributed by atoms with Gasteiger partial charge in [-0.15, -0.1) is 0 Å². The Balaban J connectivity index is 0.000000212. The number of carbonyl (C=O) groups is 2. The lowest BCUT2D eigenvalue weighted by Crippen LogP contribution is -2.51. The first-order chi connectivity index (χ1) is 13.4. The van der Waals surface area contributed by atoms with Gasteiger partial charge in [0.2, 0.25) is 0 Å². The van der Waals surface area contributed by atoms with Crippen LogP contribution in [0.15, 0.2) is 0 Å². The van der Waals surface area contributed by atoms with Crippen LogP contribution in [0.4, 0.5) is 9.59 Å². The van der Waals surface area contributed by atoms with Gasteiger partial charge >= 0.3 is 12.2 Å². The second kappa shape index (κ2) is 9.51. The van der Waals surface area contributed by atoms with Crippen LogP contribution < -0.4 is 10.6 Å². The normalized spacial score (nSPS) is 25.2. The van der Waals surface area contributed by atoms with Gasteiger partial charge < -0.3 is 20.5 Å². The molecule has 2 atom stereocenters. The summed E-state index contributed by atoms with van der Waals surface area (Å²) >= 11 is 0. The minimum atomic E-state index is -0.818. The summed E-state index contributed by atoms with van der Waals surface area (Å²) in [6, 6.07) is 1.21. The van der Waals surface area contributed by atoms with E-state index < -0.39 is 11.7 Å². The van der Waals surface area contributed by atoms with Gasteiger partial charge in [-0.3, -0.25) is 9.80 Å². The quantitative estimate of drug-likeness (QED) is 0.660. The Bertz CT molecular complexity index is 560. The molecule has 3 aliphatic rings. The molecule has 0 aromatic heterocycles. The fourth-order valence-electron chi connectivity index (χ4n) is 4.00. The first-order valence-electron chi connectivity index (χ1n) is 10.8.